The first-order chi connectivity index (χ1) is 7.17. The highest BCUT2D eigenvalue weighted by Crippen LogP contribution is 2.21. The van der Waals surface area contributed by atoms with Crippen LogP contribution in [0.4, 0.5) is 0 Å². The molecule has 0 atom stereocenters. The number of benzene rings is 1. The molecule has 0 saturated carbocycles. The lowest BCUT2D eigenvalue weighted by molar-refractivity contribution is -0.936. The second-order valence-corrected chi connectivity index (χ2v) is 4.45. The van der Waals surface area contributed by atoms with Crippen LogP contribution in [0.2, 0.25) is 5.02 Å². The van der Waals surface area contributed by atoms with E-state index in [9.17, 15) is 0 Å². The van der Waals surface area contributed by atoms with Gasteiger partial charge in [0.25, 0.3) is 0 Å². The average molecular weight is 227 g/mol. The molecular weight excluding hydrogens is 206 g/mol. The lowest BCUT2D eigenvalue weighted by Gasteiger charge is -2.36. The second-order valence-electron chi connectivity index (χ2n) is 4.04. The number of halogens is 1. The Balaban J connectivity index is 2.88. The summed E-state index contributed by atoms with van der Waals surface area (Å²) in [6.45, 7) is 11.3. The molecule has 0 unspecified atom stereocenters. The minimum atomic E-state index is 0.898. The van der Waals surface area contributed by atoms with Crippen LogP contribution in [-0.4, -0.2) is 24.1 Å². The van der Waals surface area contributed by atoms with Crippen molar-refractivity contribution >= 4 is 11.6 Å². The van der Waals surface area contributed by atoms with Gasteiger partial charge in [0, 0.05) is 10.6 Å². The molecule has 0 aliphatic carbocycles. The minimum absolute atomic E-state index is 0.898. The molecule has 0 N–H and O–H groups in total. The molecule has 0 saturated heterocycles. The second kappa shape index (κ2) is 5.53. The highest BCUT2D eigenvalue weighted by atomic mass is 35.5. The van der Waals surface area contributed by atoms with Crippen LogP contribution >= 0.6 is 11.6 Å². The summed E-state index contributed by atoms with van der Waals surface area (Å²) >= 11 is 6.19. The van der Waals surface area contributed by atoms with E-state index in [0.29, 0.717) is 0 Å². The SMILES string of the molecule is CC[N+](CC)(CC)Cc1ccccc1Cl. The Bertz CT molecular complexity index is 297. The summed E-state index contributed by atoms with van der Waals surface area (Å²) in [6, 6.07) is 8.17. The van der Waals surface area contributed by atoms with Gasteiger partial charge in [-0.25, -0.2) is 0 Å². The lowest BCUT2D eigenvalue weighted by atomic mass is 10.1. The molecule has 0 amide bonds. The maximum absolute atomic E-state index is 6.19. The topological polar surface area (TPSA) is 0 Å². The molecule has 0 radical (unpaired) electrons. The molecule has 0 aliphatic heterocycles. The van der Waals surface area contributed by atoms with Gasteiger partial charge in [-0.15, -0.1) is 0 Å². The first-order valence-corrected chi connectivity index (χ1v) is 6.13. The third-order valence-corrected chi connectivity index (χ3v) is 3.84. The van der Waals surface area contributed by atoms with Crippen molar-refractivity contribution in [2.75, 3.05) is 19.6 Å². The maximum atomic E-state index is 6.19. The Kier molecular flexibility index (Phi) is 4.62. The van der Waals surface area contributed by atoms with E-state index in [1.165, 1.54) is 5.56 Å². The van der Waals surface area contributed by atoms with Crippen LogP contribution in [0, 0.1) is 0 Å². The first-order valence-electron chi connectivity index (χ1n) is 5.76. The smallest absolute Gasteiger partial charge is 0.106 e. The van der Waals surface area contributed by atoms with Gasteiger partial charge in [0.15, 0.2) is 0 Å². The molecule has 15 heavy (non-hydrogen) atoms. The zero-order valence-electron chi connectivity index (χ0n) is 9.96. The van der Waals surface area contributed by atoms with Crippen LogP contribution in [-0.2, 0) is 6.54 Å². The largest absolute Gasteiger partial charge is 0.321 e. The first kappa shape index (κ1) is 12.5. The average Bonchev–Trinajstić information content (AvgIpc) is 2.29. The van der Waals surface area contributed by atoms with Gasteiger partial charge in [-0.2, -0.15) is 0 Å². The minimum Gasteiger partial charge on any atom is -0.321 e. The highest BCUT2D eigenvalue weighted by Gasteiger charge is 2.21. The summed E-state index contributed by atoms with van der Waals surface area (Å²) in [7, 11) is 0. The van der Waals surface area contributed by atoms with Gasteiger partial charge in [0.05, 0.1) is 19.6 Å². The molecule has 1 aromatic rings. The summed E-state index contributed by atoms with van der Waals surface area (Å²) in [5, 5.41) is 0.898. The molecule has 1 nitrogen and oxygen atoms in total. The molecule has 0 spiro atoms. The number of nitrogens with zero attached hydrogens (tertiary/aromatic N) is 1. The van der Waals surface area contributed by atoms with E-state index in [1.54, 1.807) is 0 Å². The molecule has 0 heterocycles. The lowest BCUT2D eigenvalue weighted by Crippen LogP contribution is -2.46. The van der Waals surface area contributed by atoms with E-state index in [4.69, 9.17) is 11.6 Å². The molecule has 84 valence electrons. The van der Waals surface area contributed by atoms with Gasteiger partial charge in [-0.3, -0.25) is 0 Å². The van der Waals surface area contributed by atoms with E-state index >= 15 is 0 Å². The van der Waals surface area contributed by atoms with E-state index < -0.39 is 0 Å². The zero-order chi connectivity index (χ0) is 11.3. The van der Waals surface area contributed by atoms with Crippen LogP contribution in [0.1, 0.15) is 26.3 Å². The maximum Gasteiger partial charge on any atom is 0.106 e. The van der Waals surface area contributed by atoms with Gasteiger partial charge < -0.3 is 4.48 Å². The Labute approximate surface area is 98.3 Å². The van der Waals surface area contributed by atoms with E-state index in [-0.39, 0.29) is 0 Å². The standard InChI is InChI=1S/C13H21ClN/c1-4-15(5-2,6-3)11-12-9-7-8-10-13(12)14/h7-10H,4-6,11H2,1-3H3/q+1. The fourth-order valence-electron chi connectivity index (χ4n) is 1.99. The van der Waals surface area contributed by atoms with Crippen molar-refractivity contribution in [1.82, 2.24) is 0 Å². The van der Waals surface area contributed by atoms with Crippen molar-refractivity contribution < 1.29 is 4.48 Å². The Morgan fingerprint density at radius 1 is 1.00 bits per heavy atom. The van der Waals surface area contributed by atoms with Crippen LogP contribution < -0.4 is 0 Å². The summed E-state index contributed by atoms with van der Waals surface area (Å²) in [4.78, 5) is 0. The Morgan fingerprint density at radius 2 is 1.53 bits per heavy atom. The molecule has 1 rings (SSSR count). The van der Waals surface area contributed by atoms with Crippen molar-refractivity contribution in [3.63, 3.8) is 0 Å². The molecule has 0 aliphatic rings. The third kappa shape index (κ3) is 2.96. The van der Waals surface area contributed by atoms with Gasteiger partial charge in [0.1, 0.15) is 6.54 Å². The zero-order valence-corrected chi connectivity index (χ0v) is 10.7. The van der Waals surface area contributed by atoms with Crippen LogP contribution in [0.25, 0.3) is 0 Å². The van der Waals surface area contributed by atoms with E-state index in [0.717, 1.165) is 35.7 Å². The number of quaternary nitrogens is 1. The van der Waals surface area contributed by atoms with Crippen LogP contribution in [0.15, 0.2) is 24.3 Å². The van der Waals surface area contributed by atoms with E-state index in [1.807, 2.05) is 12.1 Å². The monoisotopic (exact) mass is 226 g/mol. The summed E-state index contributed by atoms with van der Waals surface area (Å²) in [6.07, 6.45) is 0. The van der Waals surface area contributed by atoms with Gasteiger partial charge >= 0.3 is 0 Å². The van der Waals surface area contributed by atoms with Crippen molar-refractivity contribution in [3.05, 3.63) is 34.9 Å². The number of rotatable bonds is 5. The van der Waals surface area contributed by atoms with Crippen molar-refractivity contribution in [2.24, 2.45) is 0 Å². The van der Waals surface area contributed by atoms with Crippen LogP contribution in [0.3, 0.4) is 0 Å². The number of hydrogen-bond donors (Lipinski definition) is 0. The normalized spacial score (nSPS) is 11.7. The Hall–Kier alpha value is -0.530. The summed E-state index contributed by atoms with van der Waals surface area (Å²) in [5.74, 6) is 0. The molecule has 0 aromatic heterocycles. The van der Waals surface area contributed by atoms with Crippen molar-refractivity contribution in [2.45, 2.75) is 27.3 Å². The predicted octanol–water partition coefficient (Wildman–Crippen LogP) is 3.72. The molecule has 2 heteroatoms. The fraction of sp³-hybridized carbons (Fsp3) is 0.538. The highest BCUT2D eigenvalue weighted by molar-refractivity contribution is 6.31. The molecule has 1 aromatic carbocycles. The third-order valence-electron chi connectivity index (χ3n) is 3.48. The van der Waals surface area contributed by atoms with Gasteiger partial charge in [-0.05, 0) is 26.8 Å². The predicted molar refractivity (Wildman–Crippen MR) is 67.0 cm³/mol. The van der Waals surface area contributed by atoms with Crippen molar-refractivity contribution in [1.29, 1.82) is 0 Å². The van der Waals surface area contributed by atoms with Crippen molar-refractivity contribution in [3.8, 4) is 0 Å². The summed E-state index contributed by atoms with van der Waals surface area (Å²) < 4.78 is 1.11. The van der Waals surface area contributed by atoms with Gasteiger partial charge in [0.2, 0.25) is 0 Å². The molecule has 0 fully saturated rings. The van der Waals surface area contributed by atoms with Gasteiger partial charge in [-0.1, -0.05) is 29.8 Å². The summed E-state index contributed by atoms with van der Waals surface area (Å²) in [5.41, 5.74) is 1.27. The number of hydrogen-bond acceptors (Lipinski definition) is 0. The Morgan fingerprint density at radius 3 is 2.00 bits per heavy atom. The molecular formula is C13H21ClN+. The van der Waals surface area contributed by atoms with Crippen LogP contribution in [0.5, 0.6) is 0 Å². The fourth-order valence-corrected chi connectivity index (χ4v) is 2.19. The molecule has 0 bridgehead atoms. The quantitative estimate of drug-likeness (QED) is 0.672. The van der Waals surface area contributed by atoms with E-state index in [2.05, 4.69) is 32.9 Å².